The van der Waals surface area contributed by atoms with Crippen molar-refractivity contribution in [2.24, 2.45) is 17.6 Å². The minimum atomic E-state index is -0.536. The van der Waals surface area contributed by atoms with Crippen molar-refractivity contribution < 1.29 is 4.79 Å². The van der Waals surface area contributed by atoms with Gasteiger partial charge >= 0.3 is 0 Å². The Labute approximate surface area is 108 Å². The molecule has 2 fully saturated rings. The molecule has 0 spiro atoms. The lowest BCUT2D eigenvalue weighted by Crippen LogP contribution is -2.43. The Morgan fingerprint density at radius 2 is 1.67 bits per heavy atom. The van der Waals surface area contributed by atoms with Crippen molar-refractivity contribution in [2.75, 3.05) is 0 Å². The second-order valence-electron chi connectivity index (χ2n) is 5.60. The third-order valence-corrected chi connectivity index (χ3v) is 4.01. The van der Waals surface area contributed by atoms with Crippen LogP contribution in [0.4, 0.5) is 0 Å². The van der Waals surface area contributed by atoms with Crippen molar-refractivity contribution in [2.45, 2.75) is 37.8 Å². The molecule has 2 aliphatic carbocycles. The molecule has 0 aromatic heterocycles. The largest absolute Gasteiger partial charge is 0.351 e. The molecule has 0 bridgehead atoms. The quantitative estimate of drug-likeness (QED) is 0.832. The van der Waals surface area contributed by atoms with Gasteiger partial charge in [0.2, 0.25) is 5.91 Å². The molecular weight excluding hydrogens is 224 g/mol. The van der Waals surface area contributed by atoms with Crippen molar-refractivity contribution in [1.29, 1.82) is 0 Å². The molecular formula is C15H20N2O. The lowest BCUT2D eigenvalue weighted by molar-refractivity contribution is -0.123. The first-order valence-electron chi connectivity index (χ1n) is 6.86. The van der Waals surface area contributed by atoms with Gasteiger partial charge in [0.15, 0.2) is 0 Å². The highest BCUT2D eigenvalue weighted by atomic mass is 16.2. The second-order valence-corrected chi connectivity index (χ2v) is 5.60. The van der Waals surface area contributed by atoms with E-state index >= 15 is 0 Å². The van der Waals surface area contributed by atoms with Gasteiger partial charge in [0.25, 0.3) is 0 Å². The smallest absolute Gasteiger partial charge is 0.241 e. The van der Waals surface area contributed by atoms with Gasteiger partial charge in [-0.3, -0.25) is 4.79 Å². The van der Waals surface area contributed by atoms with Gasteiger partial charge < -0.3 is 11.1 Å². The van der Waals surface area contributed by atoms with Gasteiger partial charge in [-0.2, -0.15) is 0 Å². The molecule has 3 nitrogen and oxygen atoms in total. The van der Waals surface area contributed by atoms with Crippen LogP contribution in [0.25, 0.3) is 0 Å². The minimum absolute atomic E-state index is 0.0231. The maximum atomic E-state index is 12.2. The summed E-state index contributed by atoms with van der Waals surface area (Å²) in [6.45, 7) is 0. The van der Waals surface area contributed by atoms with Gasteiger partial charge in [-0.05, 0) is 43.1 Å². The van der Waals surface area contributed by atoms with E-state index in [1.165, 1.54) is 25.7 Å². The van der Waals surface area contributed by atoms with Crippen LogP contribution in [0.15, 0.2) is 30.3 Å². The Balaban J connectivity index is 1.63. The molecule has 3 rings (SSSR count). The van der Waals surface area contributed by atoms with Gasteiger partial charge in [0, 0.05) is 6.04 Å². The van der Waals surface area contributed by atoms with Crippen molar-refractivity contribution in [3.05, 3.63) is 35.9 Å². The summed E-state index contributed by atoms with van der Waals surface area (Å²) in [5.41, 5.74) is 6.91. The number of hydrogen-bond donors (Lipinski definition) is 2. The first-order valence-corrected chi connectivity index (χ1v) is 6.86. The normalized spacial score (nSPS) is 20.8. The lowest BCUT2D eigenvalue weighted by atomic mass is 10.0. The zero-order chi connectivity index (χ0) is 12.5. The fourth-order valence-electron chi connectivity index (χ4n) is 2.60. The van der Waals surface area contributed by atoms with E-state index in [9.17, 15) is 4.79 Å². The summed E-state index contributed by atoms with van der Waals surface area (Å²) in [6.07, 6.45) is 5.06. The number of hydrogen-bond acceptors (Lipinski definition) is 2. The average Bonchev–Trinajstić information content (AvgIpc) is 3.29. The van der Waals surface area contributed by atoms with E-state index in [1.807, 2.05) is 30.3 Å². The zero-order valence-electron chi connectivity index (χ0n) is 10.5. The molecule has 3 N–H and O–H groups in total. The lowest BCUT2D eigenvalue weighted by Gasteiger charge is -2.20. The van der Waals surface area contributed by atoms with Gasteiger partial charge in [0.05, 0.1) is 0 Å². The second kappa shape index (κ2) is 4.73. The van der Waals surface area contributed by atoms with Crippen LogP contribution in [0.2, 0.25) is 0 Å². The first-order chi connectivity index (χ1) is 8.75. The Bertz CT molecular complexity index is 411. The number of benzene rings is 1. The molecule has 0 saturated heterocycles. The monoisotopic (exact) mass is 244 g/mol. The van der Waals surface area contributed by atoms with Gasteiger partial charge in [-0.25, -0.2) is 0 Å². The topological polar surface area (TPSA) is 55.1 Å². The van der Waals surface area contributed by atoms with Crippen LogP contribution in [0.5, 0.6) is 0 Å². The molecule has 3 heteroatoms. The van der Waals surface area contributed by atoms with E-state index < -0.39 is 6.04 Å². The zero-order valence-corrected chi connectivity index (χ0v) is 10.5. The predicted octanol–water partition coefficient (Wildman–Crippen LogP) is 1.99. The molecule has 2 saturated carbocycles. The molecule has 0 heterocycles. The van der Waals surface area contributed by atoms with Crippen LogP contribution in [-0.2, 0) is 4.79 Å². The third-order valence-electron chi connectivity index (χ3n) is 4.01. The van der Waals surface area contributed by atoms with E-state index in [2.05, 4.69) is 5.32 Å². The van der Waals surface area contributed by atoms with Crippen LogP contribution in [0.1, 0.15) is 37.3 Å². The predicted molar refractivity (Wildman–Crippen MR) is 70.7 cm³/mol. The fraction of sp³-hybridized carbons (Fsp3) is 0.533. The van der Waals surface area contributed by atoms with E-state index in [0.29, 0.717) is 17.9 Å². The molecule has 1 aromatic rings. The van der Waals surface area contributed by atoms with Gasteiger partial charge in [-0.1, -0.05) is 30.3 Å². The highest BCUT2D eigenvalue weighted by Crippen LogP contribution is 2.44. The Morgan fingerprint density at radius 1 is 1.11 bits per heavy atom. The van der Waals surface area contributed by atoms with Crippen LogP contribution < -0.4 is 11.1 Å². The molecule has 18 heavy (non-hydrogen) atoms. The Kier molecular flexibility index (Phi) is 3.08. The first kappa shape index (κ1) is 11.7. The van der Waals surface area contributed by atoms with E-state index in [-0.39, 0.29) is 5.91 Å². The summed E-state index contributed by atoms with van der Waals surface area (Å²) in [7, 11) is 0. The van der Waals surface area contributed by atoms with Gasteiger partial charge in [0.1, 0.15) is 6.04 Å². The number of nitrogens with two attached hydrogens (primary N) is 1. The molecule has 0 aliphatic heterocycles. The molecule has 1 atom stereocenters. The number of carbonyl (C=O) groups excluding carboxylic acids is 1. The molecule has 2 aliphatic rings. The third kappa shape index (κ3) is 2.56. The maximum absolute atomic E-state index is 12.2. The maximum Gasteiger partial charge on any atom is 0.241 e. The molecule has 0 unspecified atom stereocenters. The number of carbonyl (C=O) groups is 1. The van der Waals surface area contributed by atoms with Crippen LogP contribution >= 0.6 is 0 Å². The van der Waals surface area contributed by atoms with Crippen LogP contribution in [-0.4, -0.2) is 11.9 Å². The standard InChI is InChI=1S/C15H20N2O/c16-13(10-4-2-1-3-5-10)15(18)17-14(11-6-7-11)12-8-9-12/h1-5,11-14H,6-9,16H2,(H,17,18)/t13-/m1/s1. The SMILES string of the molecule is N[C@@H](C(=O)NC(C1CC1)C1CC1)c1ccccc1. The van der Waals surface area contributed by atoms with Crippen molar-refractivity contribution in [3.8, 4) is 0 Å². The fourth-order valence-corrected chi connectivity index (χ4v) is 2.60. The summed E-state index contributed by atoms with van der Waals surface area (Å²) in [6, 6.07) is 9.44. The summed E-state index contributed by atoms with van der Waals surface area (Å²) < 4.78 is 0. The van der Waals surface area contributed by atoms with Crippen molar-refractivity contribution in [1.82, 2.24) is 5.32 Å². The molecule has 0 radical (unpaired) electrons. The van der Waals surface area contributed by atoms with Crippen LogP contribution in [0.3, 0.4) is 0 Å². The average molecular weight is 244 g/mol. The van der Waals surface area contributed by atoms with E-state index in [0.717, 1.165) is 5.56 Å². The van der Waals surface area contributed by atoms with Gasteiger partial charge in [-0.15, -0.1) is 0 Å². The van der Waals surface area contributed by atoms with Crippen molar-refractivity contribution in [3.63, 3.8) is 0 Å². The summed E-state index contributed by atoms with van der Waals surface area (Å²) >= 11 is 0. The molecule has 1 aromatic carbocycles. The summed E-state index contributed by atoms with van der Waals surface area (Å²) in [5.74, 6) is 1.40. The minimum Gasteiger partial charge on any atom is -0.351 e. The highest BCUT2D eigenvalue weighted by molar-refractivity contribution is 5.83. The molecule has 1 amide bonds. The van der Waals surface area contributed by atoms with Crippen molar-refractivity contribution >= 4 is 5.91 Å². The number of nitrogens with one attached hydrogen (secondary N) is 1. The highest BCUT2D eigenvalue weighted by Gasteiger charge is 2.42. The summed E-state index contributed by atoms with van der Waals surface area (Å²) in [4.78, 5) is 12.2. The van der Waals surface area contributed by atoms with Crippen LogP contribution in [0, 0.1) is 11.8 Å². The van der Waals surface area contributed by atoms with E-state index in [1.54, 1.807) is 0 Å². The number of amides is 1. The Hall–Kier alpha value is -1.35. The number of rotatable bonds is 5. The summed E-state index contributed by atoms with van der Waals surface area (Å²) in [5, 5.41) is 3.18. The van der Waals surface area contributed by atoms with E-state index in [4.69, 9.17) is 5.73 Å². The molecule has 96 valence electrons. The Morgan fingerprint density at radius 3 is 2.17 bits per heavy atom.